The van der Waals surface area contributed by atoms with E-state index < -0.39 is 0 Å². The largest absolute Gasteiger partial charge is 0.495 e. The van der Waals surface area contributed by atoms with Gasteiger partial charge in [-0.3, -0.25) is 9.59 Å². The maximum atomic E-state index is 13.3. The topological polar surface area (TPSA) is 103 Å². The molecule has 2 amide bonds. The molecule has 38 heavy (non-hydrogen) atoms. The molecule has 0 unspecified atom stereocenters. The number of rotatable bonds is 9. The second kappa shape index (κ2) is 10.8. The van der Waals surface area contributed by atoms with Gasteiger partial charge in [-0.1, -0.05) is 12.8 Å². The number of methoxy groups -OCH3 is 1. The van der Waals surface area contributed by atoms with Crippen LogP contribution < -0.4 is 25.2 Å². The van der Waals surface area contributed by atoms with Gasteiger partial charge in [0, 0.05) is 31.7 Å². The summed E-state index contributed by atoms with van der Waals surface area (Å²) in [4.78, 5) is 41.6. The zero-order valence-electron chi connectivity index (χ0n) is 22.9. The van der Waals surface area contributed by atoms with Crippen molar-refractivity contribution in [1.29, 1.82) is 0 Å². The van der Waals surface area contributed by atoms with E-state index in [4.69, 9.17) is 9.72 Å². The van der Waals surface area contributed by atoms with Crippen LogP contribution in [0.15, 0.2) is 24.4 Å². The molecule has 2 fully saturated rings. The van der Waals surface area contributed by atoms with Crippen molar-refractivity contribution in [3.05, 3.63) is 30.0 Å². The van der Waals surface area contributed by atoms with E-state index in [0.29, 0.717) is 42.1 Å². The minimum Gasteiger partial charge on any atom is -0.495 e. The highest BCUT2D eigenvalue weighted by molar-refractivity contribution is 6.03. The average molecular weight is 522 g/mol. The molecule has 10 nitrogen and oxygen atoms in total. The SMILES string of the molecule is COc1cc(C(=O)NCCCN(C)C)ccc1Nc1ncc2c(n1)N(C1CCCC1)CC1(CC1)C(=O)N2C. The third kappa shape index (κ3) is 5.27. The number of nitrogens with zero attached hydrogens (tertiary/aromatic N) is 5. The summed E-state index contributed by atoms with van der Waals surface area (Å²) in [6.07, 6.45) is 9.13. The minimum atomic E-state index is -0.294. The summed E-state index contributed by atoms with van der Waals surface area (Å²) in [6.45, 7) is 2.24. The minimum absolute atomic E-state index is 0.135. The monoisotopic (exact) mass is 521 g/mol. The number of aromatic nitrogens is 2. The molecule has 2 saturated carbocycles. The molecule has 1 aromatic carbocycles. The van der Waals surface area contributed by atoms with Gasteiger partial charge in [-0.15, -0.1) is 0 Å². The average Bonchev–Trinajstić information content (AvgIpc) is 3.52. The van der Waals surface area contributed by atoms with Crippen molar-refractivity contribution in [2.75, 3.05) is 63.0 Å². The molecule has 1 aliphatic heterocycles. The fraction of sp³-hybridized carbons (Fsp3) is 0.571. The van der Waals surface area contributed by atoms with Gasteiger partial charge in [-0.2, -0.15) is 4.98 Å². The quantitative estimate of drug-likeness (QED) is 0.484. The van der Waals surface area contributed by atoms with Gasteiger partial charge in [0.1, 0.15) is 11.4 Å². The Balaban J connectivity index is 1.37. The number of carbonyl (C=O) groups is 2. The van der Waals surface area contributed by atoms with Crippen LogP contribution in [0.2, 0.25) is 0 Å². The van der Waals surface area contributed by atoms with Crippen molar-refractivity contribution in [1.82, 2.24) is 20.2 Å². The molecule has 2 heterocycles. The number of hydrogen-bond acceptors (Lipinski definition) is 8. The fourth-order valence-corrected chi connectivity index (χ4v) is 5.60. The van der Waals surface area contributed by atoms with Crippen LogP contribution in [0.25, 0.3) is 0 Å². The van der Waals surface area contributed by atoms with Crippen molar-refractivity contribution in [2.24, 2.45) is 5.41 Å². The van der Waals surface area contributed by atoms with Crippen molar-refractivity contribution in [3.8, 4) is 5.75 Å². The van der Waals surface area contributed by atoms with E-state index in [1.165, 1.54) is 12.8 Å². The highest BCUT2D eigenvalue weighted by atomic mass is 16.5. The van der Waals surface area contributed by atoms with Gasteiger partial charge in [0.25, 0.3) is 5.91 Å². The van der Waals surface area contributed by atoms with Gasteiger partial charge < -0.3 is 30.1 Å². The van der Waals surface area contributed by atoms with Crippen LogP contribution in [-0.4, -0.2) is 80.6 Å². The zero-order chi connectivity index (χ0) is 26.9. The van der Waals surface area contributed by atoms with E-state index >= 15 is 0 Å². The third-order valence-electron chi connectivity index (χ3n) is 8.01. The molecule has 1 aromatic heterocycles. The van der Waals surface area contributed by atoms with Gasteiger partial charge in [-0.25, -0.2) is 4.98 Å². The standard InChI is InChI=1S/C28H39N7O3/c1-33(2)15-7-14-29-25(36)19-10-11-21(23(16-19)38-4)31-27-30-17-22-24(32-27)35(20-8-5-6-9-20)18-28(12-13-28)26(37)34(22)3/h10-11,16-17,20H,5-9,12-15,18H2,1-4H3,(H,29,36)(H,30,31,32). The molecule has 0 saturated heterocycles. The second-order valence-electron chi connectivity index (χ2n) is 11.1. The second-order valence-corrected chi connectivity index (χ2v) is 11.1. The van der Waals surface area contributed by atoms with E-state index in [2.05, 4.69) is 25.4 Å². The van der Waals surface area contributed by atoms with Gasteiger partial charge in [0.05, 0.1) is 24.4 Å². The Hall–Kier alpha value is -3.40. The maximum Gasteiger partial charge on any atom is 0.251 e. The first-order valence-corrected chi connectivity index (χ1v) is 13.6. The molecule has 2 aliphatic carbocycles. The van der Waals surface area contributed by atoms with Crippen LogP contribution in [-0.2, 0) is 4.79 Å². The number of anilines is 4. The summed E-state index contributed by atoms with van der Waals surface area (Å²) in [5.41, 5.74) is 1.66. The molecule has 204 valence electrons. The number of fused-ring (bicyclic) bond motifs is 1. The van der Waals surface area contributed by atoms with Crippen LogP contribution in [0.1, 0.15) is 55.3 Å². The summed E-state index contributed by atoms with van der Waals surface area (Å²) >= 11 is 0. The third-order valence-corrected chi connectivity index (χ3v) is 8.01. The number of nitrogens with one attached hydrogen (secondary N) is 2. The van der Waals surface area contributed by atoms with E-state index in [1.54, 1.807) is 30.3 Å². The van der Waals surface area contributed by atoms with Crippen LogP contribution in [0.3, 0.4) is 0 Å². The van der Waals surface area contributed by atoms with Crippen LogP contribution in [0.5, 0.6) is 5.75 Å². The predicted molar refractivity (Wildman–Crippen MR) is 148 cm³/mol. The lowest BCUT2D eigenvalue weighted by Gasteiger charge is -2.31. The first-order valence-electron chi connectivity index (χ1n) is 13.6. The maximum absolute atomic E-state index is 13.3. The molecule has 2 aromatic rings. The van der Waals surface area contributed by atoms with Crippen molar-refractivity contribution < 1.29 is 14.3 Å². The van der Waals surface area contributed by atoms with E-state index in [-0.39, 0.29) is 17.2 Å². The van der Waals surface area contributed by atoms with Crippen molar-refractivity contribution in [2.45, 2.75) is 51.0 Å². The van der Waals surface area contributed by atoms with Crippen LogP contribution >= 0.6 is 0 Å². The number of benzene rings is 1. The Morgan fingerprint density at radius 1 is 1.24 bits per heavy atom. The van der Waals surface area contributed by atoms with E-state index in [0.717, 1.165) is 50.2 Å². The van der Waals surface area contributed by atoms with Gasteiger partial charge >= 0.3 is 0 Å². The van der Waals surface area contributed by atoms with E-state index in [9.17, 15) is 9.59 Å². The van der Waals surface area contributed by atoms with Crippen LogP contribution in [0, 0.1) is 5.41 Å². The molecule has 3 aliphatic rings. The van der Waals surface area contributed by atoms with Crippen molar-refractivity contribution >= 4 is 35.0 Å². The number of ether oxygens (including phenoxy) is 1. The van der Waals surface area contributed by atoms with Crippen molar-refractivity contribution in [3.63, 3.8) is 0 Å². The molecular formula is C28H39N7O3. The normalized spacial score (nSPS) is 18.5. The van der Waals surface area contributed by atoms with Crippen LogP contribution in [0.4, 0.5) is 23.1 Å². The molecule has 0 bridgehead atoms. The summed E-state index contributed by atoms with van der Waals surface area (Å²) in [5.74, 6) is 1.80. The first-order chi connectivity index (χ1) is 18.3. The lowest BCUT2D eigenvalue weighted by Crippen LogP contribution is -2.41. The molecule has 0 radical (unpaired) electrons. The Kier molecular flexibility index (Phi) is 7.43. The summed E-state index contributed by atoms with van der Waals surface area (Å²) in [5, 5.41) is 6.25. The molecule has 0 atom stereocenters. The van der Waals surface area contributed by atoms with Gasteiger partial charge in [0.2, 0.25) is 11.9 Å². The molecule has 1 spiro atoms. The summed E-state index contributed by atoms with van der Waals surface area (Å²) < 4.78 is 5.60. The summed E-state index contributed by atoms with van der Waals surface area (Å²) in [6, 6.07) is 5.69. The zero-order valence-corrected chi connectivity index (χ0v) is 22.9. The van der Waals surface area contributed by atoms with Gasteiger partial charge in [0.15, 0.2) is 5.82 Å². The predicted octanol–water partition coefficient (Wildman–Crippen LogP) is 3.42. The smallest absolute Gasteiger partial charge is 0.251 e. The fourth-order valence-electron chi connectivity index (χ4n) is 5.60. The van der Waals surface area contributed by atoms with Gasteiger partial charge in [-0.05, 0) is 70.9 Å². The highest BCUT2D eigenvalue weighted by Crippen LogP contribution is 2.52. The number of hydrogen-bond donors (Lipinski definition) is 2. The molecular weight excluding hydrogens is 482 g/mol. The Labute approximate surface area is 224 Å². The molecule has 10 heteroatoms. The highest BCUT2D eigenvalue weighted by Gasteiger charge is 2.55. The summed E-state index contributed by atoms with van der Waals surface area (Å²) in [7, 11) is 7.44. The Morgan fingerprint density at radius 3 is 2.68 bits per heavy atom. The Bertz CT molecular complexity index is 1190. The number of carbonyl (C=O) groups excluding carboxylic acids is 2. The molecule has 2 N–H and O–H groups in total. The lowest BCUT2D eigenvalue weighted by molar-refractivity contribution is -0.122. The van der Waals surface area contributed by atoms with E-state index in [1.807, 2.05) is 27.2 Å². The molecule has 5 rings (SSSR count). The first kappa shape index (κ1) is 26.2. The Morgan fingerprint density at radius 2 is 2.00 bits per heavy atom. The lowest BCUT2D eigenvalue weighted by atomic mass is 10.0. The number of amides is 2.